The lowest BCUT2D eigenvalue weighted by molar-refractivity contribution is 0.0461. The van der Waals surface area contributed by atoms with E-state index in [-0.39, 0.29) is 34.8 Å². The van der Waals surface area contributed by atoms with Crippen LogP contribution in [0.3, 0.4) is 0 Å². The normalized spacial score (nSPS) is 17.6. The fourth-order valence-electron chi connectivity index (χ4n) is 3.90. The molecule has 0 amide bonds. The van der Waals surface area contributed by atoms with E-state index in [4.69, 9.17) is 20.9 Å². The maximum Gasteiger partial charge on any atom is 0.340 e. The van der Waals surface area contributed by atoms with E-state index >= 15 is 0 Å². The molecule has 0 bridgehead atoms. The summed E-state index contributed by atoms with van der Waals surface area (Å²) in [5.74, 6) is -0.780. The van der Waals surface area contributed by atoms with Gasteiger partial charge in [0, 0.05) is 26.2 Å². The van der Waals surface area contributed by atoms with Gasteiger partial charge in [-0.25, -0.2) is 13.2 Å². The van der Waals surface area contributed by atoms with Gasteiger partial charge in [-0.3, -0.25) is 0 Å². The van der Waals surface area contributed by atoms with E-state index in [1.54, 1.807) is 12.1 Å². The summed E-state index contributed by atoms with van der Waals surface area (Å²) in [4.78, 5) is 26.6. The number of hydrogen-bond acceptors (Lipinski definition) is 11. The Morgan fingerprint density at radius 1 is 1.00 bits per heavy atom. The molecular weight excluding hydrogens is 450 g/mol. The third kappa shape index (κ3) is 5.31. The molecule has 0 aliphatic carbocycles. The van der Waals surface area contributed by atoms with Crippen LogP contribution < -0.4 is 16.4 Å². The van der Waals surface area contributed by atoms with Gasteiger partial charge in [0.25, 0.3) is 0 Å². The van der Waals surface area contributed by atoms with Crippen LogP contribution in [0, 0.1) is 0 Å². The van der Waals surface area contributed by atoms with Crippen LogP contribution in [0.2, 0.25) is 0 Å². The smallest absolute Gasteiger partial charge is 0.340 e. The van der Waals surface area contributed by atoms with Gasteiger partial charge in [0.05, 0.1) is 29.4 Å². The summed E-state index contributed by atoms with van der Waals surface area (Å²) >= 11 is 0. The summed E-state index contributed by atoms with van der Waals surface area (Å²) in [5, 5.41) is 0. The van der Waals surface area contributed by atoms with Crippen molar-refractivity contribution in [2.45, 2.75) is 30.8 Å². The van der Waals surface area contributed by atoms with E-state index < -0.39 is 16.0 Å². The minimum absolute atomic E-state index is 0.0574. The molecule has 1 aromatic carbocycles. The first-order valence-electron chi connectivity index (χ1n) is 10.7. The van der Waals surface area contributed by atoms with Gasteiger partial charge >= 0.3 is 5.97 Å². The monoisotopic (exact) mass is 477 g/mol. The van der Waals surface area contributed by atoms with Gasteiger partial charge in [-0.2, -0.15) is 19.3 Å². The molecule has 178 valence electrons. The Morgan fingerprint density at radius 2 is 1.67 bits per heavy atom. The molecule has 4 N–H and O–H groups in total. The van der Waals surface area contributed by atoms with Crippen LogP contribution in [-0.4, -0.2) is 73.0 Å². The zero-order valence-electron chi connectivity index (χ0n) is 18.1. The average Bonchev–Trinajstić information content (AvgIpc) is 2.82. The molecule has 4 rings (SSSR count). The van der Waals surface area contributed by atoms with Crippen molar-refractivity contribution in [3.8, 4) is 0 Å². The van der Waals surface area contributed by atoms with Gasteiger partial charge in [-0.05, 0) is 31.0 Å². The fourth-order valence-corrected chi connectivity index (χ4v) is 5.45. The van der Waals surface area contributed by atoms with Crippen LogP contribution in [0.15, 0.2) is 23.1 Å². The third-order valence-corrected chi connectivity index (χ3v) is 7.44. The van der Waals surface area contributed by atoms with Crippen LogP contribution in [0.4, 0.5) is 17.6 Å². The molecule has 12 nitrogen and oxygen atoms in total. The van der Waals surface area contributed by atoms with Crippen molar-refractivity contribution in [1.82, 2.24) is 19.3 Å². The molecule has 2 fully saturated rings. The molecule has 0 atom stereocenters. The minimum atomic E-state index is -3.73. The molecule has 13 heteroatoms. The lowest BCUT2D eigenvalue weighted by Gasteiger charge is -2.31. The summed E-state index contributed by atoms with van der Waals surface area (Å²) in [7, 11) is -3.73. The molecule has 2 aliphatic heterocycles. The fraction of sp³-hybridized carbons (Fsp3) is 0.500. The Hall–Kier alpha value is -3.03. The summed E-state index contributed by atoms with van der Waals surface area (Å²) in [6, 6.07) is 4.57. The summed E-state index contributed by atoms with van der Waals surface area (Å²) in [5.41, 5.74) is 11.9. The minimum Gasteiger partial charge on any atom is -0.454 e. The predicted molar refractivity (Wildman–Crippen MR) is 120 cm³/mol. The lowest BCUT2D eigenvalue weighted by atomic mass is 10.1. The molecule has 1 aromatic heterocycles. The summed E-state index contributed by atoms with van der Waals surface area (Å²) in [6.07, 6.45) is 2.64. The Kier molecular flexibility index (Phi) is 6.91. The first-order chi connectivity index (χ1) is 15.8. The number of benzene rings is 1. The van der Waals surface area contributed by atoms with E-state index in [1.807, 2.05) is 4.90 Å². The topological polar surface area (TPSA) is 167 Å². The van der Waals surface area contributed by atoms with Crippen molar-refractivity contribution >= 4 is 33.6 Å². The second-order valence-electron chi connectivity index (χ2n) is 7.79. The number of rotatable bonds is 6. The highest BCUT2D eigenvalue weighted by Gasteiger charge is 2.29. The number of sulfonamides is 1. The van der Waals surface area contributed by atoms with E-state index in [9.17, 15) is 13.2 Å². The maximum absolute atomic E-state index is 13.2. The zero-order chi connectivity index (χ0) is 23.4. The van der Waals surface area contributed by atoms with Crippen molar-refractivity contribution in [3.05, 3.63) is 29.6 Å². The van der Waals surface area contributed by atoms with Gasteiger partial charge in [-0.15, -0.1) is 0 Å². The van der Waals surface area contributed by atoms with Crippen LogP contribution >= 0.6 is 0 Å². The van der Waals surface area contributed by atoms with Crippen LogP contribution in [0.25, 0.3) is 0 Å². The van der Waals surface area contributed by atoms with Gasteiger partial charge in [0.2, 0.25) is 21.9 Å². The summed E-state index contributed by atoms with van der Waals surface area (Å²) < 4.78 is 38.6. The highest BCUT2D eigenvalue weighted by atomic mass is 32.2. The number of esters is 1. The van der Waals surface area contributed by atoms with Gasteiger partial charge in [0.1, 0.15) is 0 Å². The molecule has 0 saturated carbocycles. The third-order valence-electron chi connectivity index (χ3n) is 5.54. The van der Waals surface area contributed by atoms with Crippen molar-refractivity contribution in [2.24, 2.45) is 0 Å². The second-order valence-corrected chi connectivity index (χ2v) is 9.73. The Balaban J connectivity index is 1.63. The van der Waals surface area contributed by atoms with Crippen molar-refractivity contribution in [3.63, 3.8) is 0 Å². The molecule has 3 heterocycles. The lowest BCUT2D eigenvalue weighted by Crippen LogP contribution is -2.38. The molecule has 33 heavy (non-hydrogen) atoms. The number of piperidine rings is 1. The number of morpholine rings is 1. The highest BCUT2D eigenvalue weighted by molar-refractivity contribution is 7.89. The van der Waals surface area contributed by atoms with E-state index in [2.05, 4.69) is 15.0 Å². The first kappa shape index (κ1) is 23.1. The number of nitrogens with zero attached hydrogens (tertiary/aromatic N) is 5. The first-order valence-corrected chi connectivity index (χ1v) is 12.2. The standard InChI is InChI=1S/C20H27N7O5S/c21-19-23-17(24-20(22)25-19)13-32-18(28)15-12-14(33(29,30)27-6-2-1-3-7-27)4-5-16(15)26-8-10-31-11-9-26/h4-5,12H,1-3,6-11,13H2,(H4,21,22,23,24,25). The second kappa shape index (κ2) is 9.85. The van der Waals surface area contributed by atoms with E-state index in [0.717, 1.165) is 19.3 Å². The van der Waals surface area contributed by atoms with Crippen LogP contribution in [0.5, 0.6) is 0 Å². The number of anilines is 3. The van der Waals surface area contributed by atoms with Crippen LogP contribution in [0.1, 0.15) is 35.4 Å². The Morgan fingerprint density at radius 3 is 2.33 bits per heavy atom. The number of hydrogen-bond donors (Lipinski definition) is 2. The molecule has 0 radical (unpaired) electrons. The summed E-state index contributed by atoms with van der Waals surface area (Å²) in [6.45, 7) is 2.79. The zero-order valence-corrected chi connectivity index (χ0v) is 19.0. The number of carbonyl (C=O) groups excluding carboxylic acids is 1. The number of carbonyl (C=O) groups is 1. The molecule has 2 aliphatic rings. The largest absolute Gasteiger partial charge is 0.454 e. The van der Waals surface area contributed by atoms with E-state index in [1.165, 1.54) is 10.4 Å². The SMILES string of the molecule is Nc1nc(N)nc(COC(=O)c2cc(S(=O)(=O)N3CCCCC3)ccc2N2CCOCC2)n1. The number of ether oxygens (including phenoxy) is 2. The predicted octanol–water partition coefficient (Wildman–Crippen LogP) is 0.404. The highest BCUT2D eigenvalue weighted by Crippen LogP contribution is 2.28. The van der Waals surface area contributed by atoms with Crippen LogP contribution in [-0.2, 0) is 26.1 Å². The molecule has 2 saturated heterocycles. The quantitative estimate of drug-likeness (QED) is 0.553. The number of aromatic nitrogens is 3. The number of nitrogens with two attached hydrogens (primary N) is 2. The average molecular weight is 478 g/mol. The Labute approximate surface area is 191 Å². The van der Waals surface area contributed by atoms with E-state index in [0.29, 0.717) is 45.1 Å². The van der Waals surface area contributed by atoms with Gasteiger partial charge < -0.3 is 25.8 Å². The van der Waals surface area contributed by atoms with Crippen molar-refractivity contribution < 1.29 is 22.7 Å². The van der Waals surface area contributed by atoms with Gasteiger partial charge in [-0.1, -0.05) is 6.42 Å². The molecular formula is C20H27N7O5S. The Bertz CT molecular complexity index is 1100. The molecule has 2 aromatic rings. The number of nitrogen functional groups attached to an aromatic ring is 2. The molecule has 0 unspecified atom stereocenters. The van der Waals surface area contributed by atoms with Gasteiger partial charge in [0.15, 0.2) is 12.4 Å². The maximum atomic E-state index is 13.2. The molecule has 0 spiro atoms. The van der Waals surface area contributed by atoms with Crippen molar-refractivity contribution in [2.75, 3.05) is 55.8 Å². The van der Waals surface area contributed by atoms with Crippen molar-refractivity contribution in [1.29, 1.82) is 0 Å².